The molecule has 2 N–H and O–H groups in total. The first kappa shape index (κ1) is 22.9. The Kier molecular flexibility index (Phi) is 6.55. The van der Waals surface area contributed by atoms with Gasteiger partial charge in [0.15, 0.2) is 5.58 Å². The van der Waals surface area contributed by atoms with Crippen molar-refractivity contribution in [1.29, 1.82) is 0 Å². The number of nitrogens with zero attached hydrogens (tertiary/aromatic N) is 2. The van der Waals surface area contributed by atoms with E-state index in [2.05, 4.69) is 15.3 Å². The molecule has 0 saturated heterocycles. The van der Waals surface area contributed by atoms with Crippen molar-refractivity contribution in [2.75, 3.05) is 19.5 Å². The highest BCUT2D eigenvalue weighted by Gasteiger charge is 2.18. The molecule has 2 aromatic heterocycles. The largest absolute Gasteiger partial charge is 0.497 e. The van der Waals surface area contributed by atoms with Gasteiger partial charge in [0.2, 0.25) is 5.55 Å². The van der Waals surface area contributed by atoms with Crippen molar-refractivity contribution < 1.29 is 28.2 Å². The van der Waals surface area contributed by atoms with Crippen LogP contribution in [0.4, 0.5) is 15.8 Å². The minimum atomic E-state index is -0.639. The number of benzene rings is 2. The lowest BCUT2D eigenvalue weighted by Gasteiger charge is -2.11. The molecular weight excluding hydrogens is 441 g/mol. The highest BCUT2D eigenvalue weighted by molar-refractivity contribution is 6.05. The topological polar surface area (TPSA) is 106 Å². The van der Waals surface area contributed by atoms with Gasteiger partial charge in [-0.25, -0.2) is 9.38 Å². The van der Waals surface area contributed by atoms with Crippen LogP contribution in [0.3, 0.4) is 0 Å². The van der Waals surface area contributed by atoms with E-state index in [0.29, 0.717) is 39.4 Å². The van der Waals surface area contributed by atoms with Gasteiger partial charge in [0.1, 0.15) is 28.6 Å². The lowest BCUT2D eigenvalue weighted by molar-refractivity contribution is 0.102. The third kappa shape index (κ3) is 4.46. The molecular formula is C25H22FN3O5. The Labute approximate surface area is 194 Å². The summed E-state index contributed by atoms with van der Waals surface area (Å²) in [6.07, 6.45) is 1.51. The first-order chi connectivity index (χ1) is 16.4. The Bertz CT molecular complexity index is 1450. The lowest BCUT2D eigenvalue weighted by Crippen LogP contribution is -2.22. The number of nitrogens with one attached hydrogen (secondary N) is 1. The Morgan fingerprint density at radius 3 is 2.68 bits per heavy atom. The van der Waals surface area contributed by atoms with E-state index in [1.54, 1.807) is 37.3 Å². The fourth-order valence-corrected chi connectivity index (χ4v) is 3.40. The third-order valence-electron chi connectivity index (χ3n) is 5.20. The van der Waals surface area contributed by atoms with Gasteiger partial charge >= 0.3 is 0 Å². The van der Waals surface area contributed by atoms with Crippen molar-refractivity contribution in [2.45, 2.75) is 13.5 Å². The number of amides is 1. The molecule has 0 aliphatic heterocycles. The number of anilines is 1. The maximum atomic E-state index is 14.2. The zero-order valence-corrected chi connectivity index (χ0v) is 18.8. The number of carbonyl (C=O) groups excluding carboxylic acids is 1. The summed E-state index contributed by atoms with van der Waals surface area (Å²) in [6, 6.07) is 12.4. The Hall–Kier alpha value is -4.24. The van der Waals surface area contributed by atoms with Gasteiger partial charge in [0, 0.05) is 23.2 Å². The van der Waals surface area contributed by atoms with Crippen LogP contribution in [-0.4, -0.2) is 30.2 Å². The van der Waals surface area contributed by atoms with Crippen LogP contribution < -0.4 is 20.3 Å². The summed E-state index contributed by atoms with van der Waals surface area (Å²) in [6.45, 7) is 1.43. The van der Waals surface area contributed by atoms with E-state index in [1.165, 1.54) is 38.6 Å². The summed E-state index contributed by atoms with van der Waals surface area (Å²) in [5, 5.41) is 12.8. The molecule has 34 heavy (non-hydrogen) atoms. The molecule has 0 spiro atoms. The van der Waals surface area contributed by atoms with E-state index >= 15 is 0 Å². The van der Waals surface area contributed by atoms with Crippen LogP contribution in [0.5, 0.6) is 11.5 Å². The van der Waals surface area contributed by atoms with E-state index in [-0.39, 0.29) is 23.4 Å². The van der Waals surface area contributed by atoms with E-state index in [4.69, 9.17) is 13.9 Å². The smallest absolute Gasteiger partial charge is 0.261 e. The molecule has 0 aliphatic rings. The van der Waals surface area contributed by atoms with E-state index in [1.807, 2.05) is 0 Å². The number of hydrogen-bond donors (Lipinski definition) is 2. The zero-order chi connectivity index (χ0) is 24.2. The summed E-state index contributed by atoms with van der Waals surface area (Å²) in [4.78, 5) is 22.0. The van der Waals surface area contributed by atoms with Crippen LogP contribution in [0.2, 0.25) is 0 Å². The summed E-state index contributed by atoms with van der Waals surface area (Å²) >= 11 is 0. The maximum absolute atomic E-state index is 14.2. The number of aliphatic hydroxyl groups is 1. The number of aliphatic hydroxyl groups excluding tert-OH is 1. The standard InChI is InChI=1S/C25H22FN3O5/c1-14-23-17(15(13-30)12-27-14)11-18(24(31)28-20-7-5-4-6-19(20)26)25(34-23)29-21-9-8-16(32-2)10-22(21)33-3/h4-12,30H,13H2,1-3H3,(H,28,31). The van der Waals surface area contributed by atoms with Crippen LogP contribution in [0.1, 0.15) is 21.6 Å². The van der Waals surface area contributed by atoms with Crippen LogP contribution in [0.15, 0.2) is 64.1 Å². The summed E-state index contributed by atoms with van der Waals surface area (Å²) in [5.41, 5.74) is 1.77. The van der Waals surface area contributed by atoms with Gasteiger partial charge in [-0.15, -0.1) is 0 Å². The lowest BCUT2D eigenvalue weighted by atomic mass is 10.1. The van der Waals surface area contributed by atoms with Gasteiger partial charge in [-0.2, -0.15) is 0 Å². The SMILES string of the molecule is COc1ccc(N=c2oc3c(C)ncc(CO)c3cc2C(=O)Nc2ccccc2F)c(OC)c1. The molecule has 0 fully saturated rings. The second kappa shape index (κ2) is 9.72. The molecule has 0 saturated carbocycles. The highest BCUT2D eigenvalue weighted by atomic mass is 19.1. The van der Waals surface area contributed by atoms with Crippen molar-refractivity contribution in [3.05, 3.63) is 82.9 Å². The highest BCUT2D eigenvalue weighted by Crippen LogP contribution is 2.31. The van der Waals surface area contributed by atoms with Crippen molar-refractivity contribution in [1.82, 2.24) is 4.98 Å². The fourth-order valence-electron chi connectivity index (χ4n) is 3.40. The molecule has 4 aromatic rings. The summed E-state index contributed by atoms with van der Waals surface area (Å²) in [5.74, 6) is -0.259. The average molecular weight is 463 g/mol. The minimum Gasteiger partial charge on any atom is -0.497 e. The molecule has 4 rings (SSSR count). The molecule has 9 heteroatoms. The van der Waals surface area contributed by atoms with E-state index in [9.17, 15) is 14.3 Å². The summed E-state index contributed by atoms with van der Waals surface area (Å²) < 4.78 is 30.8. The average Bonchev–Trinajstić information content (AvgIpc) is 2.85. The van der Waals surface area contributed by atoms with Crippen LogP contribution in [-0.2, 0) is 6.61 Å². The Morgan fingerprint density at radius 2 is 1.97 bits per heavy atom. The number of halogens is 1. The predicted octanol–water partition coefficient (Wildman–Crippen LogP) is 4.27. The monoisotopic (exact) mass is 463 g/mol. The predicted molar refractivity (Wildman–Crippen MR) is 124 cm³/mol. The van der Waals surface area contributed by atoms with Gasteiger partial charge in [-0.3, -0.25) is 9.78 Å². The molecule has 0 atom stereocenters. The van der Waals surface area contributed by atoms with Crippen molar-refractivity contribution in [3.63, 3.8) is 0 Å². The van der Waals surface area contributed by atoms with Crippen LogP contribution in [0, 0.1) is 12.7 Å². The minimum absolute atomic E-state index is 0.00821. The number of pyridine rings is 1. The van der Waals surface area contributed by atoms with Gasteiger partial charge in [-0.1, -0.05) is 12.1 Å². The molecule has 0 aliphatic carbocycles. The molecule has 8 nitrogen and oxygen atoms in total. The Morgan fingerprint density at radius 1 is 1.18 bits per heavy atom. The molecule has 1 amide bonds. The van der Waals surface area contributed by atoms with Crippen LogP contribution in [0.25, 0.3) is 11.0 Å². The van der Waals surface area contributed by atoms with Gasteiger partial charge in [-0.05, 0) is 37.3 Å². The number of aryl methyl sites for hydroxylation is 1. The van der Waals surface area contributed by atoms with Gasteiger partial charge < -0.3 is 24.3 Å². The number of para-hydroxylation sites is 1. The van der Waals surface area contributed by atoms with Gasteiger partial charge in [0.05, 0.1) is 32.2 Å². The molecule has 2 aromatic carbocycles. The second-order valence-corrected chi connectivity index (χ2v) is 7.32. The van der Waals surface area contributed by atoms with E-state index in [0.717, 1.165) is 0 Å². The third-order valence-corrected chi connectivity index (χ3v) is 5.20. The Balaban J connectivity index is 1.96. The van der Waals surface area contributed by atoms with Crippen molar-refractivity contribution >= 4 is 28.3 Å². The maximum Gasteiger partial charge on any atom is 0.261 e. The number of ether oxygens (including phenoxy) is 2. The quantitative estimate of drug-likeness (QED) is 0.442. The normalized spacial score (nSPS) is 11.5. The molecule has 0 unspecified atom stereocenters. The first-order valence-electron chi connectivity index (χ1n) is 10.3. The van der Waals surface area contributed by atoms with Crippen molar-refractivity contribution in [2.24, 2.45) is 4.99 Å². The van der Waals surface area contributed by atoms with E-state index < -0.39 is 11.7 Å². The molecule has 174 valence electrons. The number of fused-ring (bicyclic) bond motifs is 1. The van der Waals surface area contributed by atoms with Gasteiger partial charge in [0.25, 0.3) is 5.91 Å². The van der Waals surface area contributed by atoms with Crippen molar-refractivity contribution in [3.8, 4) is 11.5 Å². The first-order valence-corrected chi connectivity index (χ1v) is 10.3. The number of aromatic nitrogens is 1. The number of methoxy groups -OCH3 is 2. The molecule has 0 bridgehead atoms. The number of rotatable bonds is 6. The fraction of sp³-hybridized carbons (Fsp3) is 0.160. The molecule has 0 radical (unpaired) electrons. The number of carbonyl (C=O) groups is 1. The molecule has 2 heterocycles. The summed E-state index contributed by atoms with van der Waals surface area (Å²) in [7, 11) is 3.02. The zero-order valence-electron chi connectivity index (χ0n) is 18.8. The number of hydrogen-bond acceptors (Lipinski definition) is 7. The van der Waals surface area contributed by atoms with Crippen LogP contribution >= 0.6 is 0 Å². The second-order valence-electron chi connectivity index (χ2n) is 7.32.